The third-order valence-corrected chi connectivity index (χ3v) is 9.92. The van der Waals surface area contributed by atoms with E-state index in [0.29, 0.717) is 17.8 Å². The Kier molecular flexibility index (Phi) is 11.9. The summed E-state index contributed by atoms with van der Waals surface area (Å²) in [6, 6.07) is 0. The Morgan fingerprint density at radius 3 is 2.54 bits per heavy atom. The summed E-state index contributed by atoms with van der Waals surface area (Å²) in [5, 5.41) is 20.5. The SMILES string of the molecule is C=C1CC[C@](O)(C(COC(=O)OCC)OOC(=O)O)C/C1=C/C=C1CCC[C@@]2(C)C1CC[C@@H]2[C@H](C)CCCC(C)C. The topological polar surface area (TPSA) is 112 Å². The Balaban J connectivity index is 1.75. The first kappa shape index (κ1) is 33.2. The van der Waals surface area contributed by atoms with E-state index in [4.69, 9.17) is 19.5 Å². The van der Waals surface area contributed by atoms with Gasteiger partial charge in [-0.05, 0) is 86.5 Å². The van der Waals surface area contributed by atoms with Crippen molar-refractivity contribution in [2.24, 2.45) is 29.1 Å². The summed E-state index contributed by atoms with van der Waals surface area (Å²) in [6.45, 7) is 15.2. The minimum absolute atomic E-state index is 0.124. The fraction of sp³-hybridized carbons (Fsp3) is 0.758. The van der Waals surface area contributed by atoms with E-state index in [1.165, 1.54) is 50.5 Å². The summed E-state index contributed by atoms with van der Waals surface area (Å²) < 4.78 is 9.85. The Morgan fingerprint density at radius 1 is 1.10 bits per heavy atom. The molecule has 0 bridgehead atoms. The highest BCUT2D eigenvalue weighted by atomic mass is 17.2. The molecule has 0 aromatic heterocycles. The quantitative estimate of drug-likeness (QED) is 0.136. The fourth-order valence-corrected chi connectivity index (χ4v) is 7.67. The predicted octanol–water partition coefficient (Wildman–Crippen LogP) is 8.16. The molecule has 3 aliphatic carbocycles. The van der Waals surface area contributed by atoms with Gasteiger partial charge in [0.1, 0.15) is 12.2 Å². The van der Waals surface area contributed by atoms with Crippen LogP contribution in [0.3, 0.4) is 0 Å². The number of carbonyl (C=O) groups is 2. The molecule has 3 aliphatic rings. The van der Waals surface area contributed by atoms with Crippen LogP contribution in [0, 0.1) is 29.1 Å². The lowest BCUT2D eigenvalue weighted by Gasteiger charge is -2.44. The van der Waals surface area contributed by atoms with E-state index in [2.05, 4.69) is 51.3 Å². The molecule has 41 heavy (non-hydrogen) atoms. The summed E-state index contributed by atoms with van der Waals surface area (Å²) in [4.78, 5) is 32.1. The minimum Gasteiger partial charge on any atom is -0.448 e. The zero-order chi connectivity index (χ0) is 30.2. The molecule has 0 aliphatic heterocycles. The number of carbonyl (C=O) groups excluding carboxylic acids is 1. The van der Waals surface area contributed by atoms with Gasteiger partial charge in [0.2, 0.25) is 0 Å². The maximum atomic E-state index is 11.8. The monoisotopic (exact) mass is 576 g/mol. The lowest BCUT2D eigenvalue weighted by atomic mass is 9.60. The number of hydrogen-bond acceptors (Lipinski definition) is 7. The van der Waals surface area contributed by atoms with Gasteiger partial charge in [-0.1, -0.05) is 76.8 Å². The molecule has 2 N–H and O–H groups in total. The average molecular weight is 577 g/mol. The van der Waals surface area contributed by atoms with Gasteiger partial charge in [0, 0.05) is 6.42 Å². The second-order valence-corrected chi connectivity index (χ2v) is 13.1. The Labute approximate surface area is 246 Å². The van der Waals surface area contributed by atoms with Crippen LogP contribution in [0.5, 0.6) is 0 Å². The van der Waals surface area contributed by atoms with Gasteiger partial charge in [0.15, 0.2) is 6.10 Å². The van der Waals surface area contributed by atoms with Crippen LogP contribution in [0.4, 0.5) is 9.59 Å². The first-order valence-corrected chi connectivity index (χ1v) is 15.6. The smallest absolute Gasteiger partial charge is 0.448 e. The number of fused-ring (bicyclic) bond motifs is 1. The minimum atomic E-state index is -1.65. The maximum absolute atomic E-state index is 11.8. The Hall–Kier alpha value is -2.32. The van der Waals surface area contributed by atoms with Crippen LogP contribution >= 0.6 is 0 Å². The van der Waals surface area contributed by atoms with Crippen LogP contribution in [-0.4, -0.2) is 47.4 Å². The van der Waals surface area contributed by atoms with Gasteiger partial charge in [0.05, 0.1) is 6.61 Å². The van der Waals surface area contributed by atoms with Crippen molar-refractivity contribution >= 4 is 12.3 Å². The molecule has 0 aromatic carbocycles. The number of allylic oxidation sites excluding steroid dienone is 4. The van der Waals surface area contributed by atoms with E-state index >= 15 is 0 Å². The van der Waals surface area contributed by atoms with Crippen molar-refractivity contribution in [1.29, 1.82) is 0 Å². The van der Waals surface area contributed by atoms with Gasteiger partial charge in [-0.3, -0.25) is 4.89 Å². The molecular weight excluding hydrogens is 524 g/mol. The molecule has 3 rings (SSSR count). The molecule has 0 aromatic rings. The van der Waals surface area contributed by atoms with Crippen LogP contribution < -0.4 is 0 Å². The standard InChI is InChI=1S/C33H52O8/c1-7-38-31(36)39-21-29(40-41-30(34)35)33(37)19-17-23(4)26(20-33)14-13-25-12-9-18-32(6)27(15-16-28(25)32)24(5)11-8-10-22(2)3/h13-14,22,24,27-29,37H,4,7-12,15-21H2,1-3,5-6H3,(H,34,35)/b25-13?,26-14-/t24-,27-,28?,29?,32-,33-/m1/s1. The number of ether oxygens (including phenoxy) is 2. The van der Waals surface area contributed by atoms with Gasteiger partial charge in [-0.25, -0.2) is 9.59 Å². The first-order chi connectivity index (χ1) is 19.4. The summed E-state index contributed by atoms with van der Waals surface area (Å²) >= 11 is 0. The molecule has 0 radical (unpaired) electrons. The van der Waals surface area contributed by atoms with Gasteiger partial charge in [-0.15, -0.1) is 0 Å². The van der Waals surface area contributed by atoms with Gasteiger partial charge < -0.3 is 19.7 Å². The predicted molar refractivity (Wildman–Crippen MR) is 157 cm³/mol. The molecule has 0 saturated heterocycles. The lowest BCUT2D eigenvalue weighted by molar-refractivity contribution is -0.323. The number of rotatable bonds is 12. The molecule has 0 spiro atoms. The second-order valence-electron chi connectivity index (χ2n) is 13.1. The van der Waals surface area contributed by atoms with Crippen LogP contribution in [0.15, 0.2) is 35.5 Å². The largest absolute Gasteiger partial charge is 0.537 e. The average Bonchev–Trinajstić information content (AvgIpc) is 3.26. The summed E-state index contributed by atoms with van der Waals surface area (Å²) in [6.07, 6.45) is 11.4. The molecule has 8 nitrogen and oxygen atoms in total. The Bertz CT molecular complexity index is 984. The molecule has 6 atom stereocenters. The number of carboxylic acid groups (broad SMARTS) is 1. The lowest BCUT2D eigenvalue weighted by Crippen LogP contribution is -2.49. The zero-order valence-corrected chi connectivity index (χ0v) is 25.8. The number of aliphatic hydroxyl groups is 1. The van der Waals surface area contributed by atoms with Gasteiger partial charge in [-0.2, -0.15) is 4.89 Å². The van der Waals surface area contributed by atoms with Gasteiger partial charge in [0.25, 0.3) is 0 Å². The van der Waals surface area contributed by atoms with Crippen molar-refractivity contribution < 1.29 is 39.1 Å². The molecule has 0 amide bonds. The summed E-state index contributed by atoms with van der Waals surface area (Å²) in [5.74, 6) is 2.81. The third-order valence-electron chi connectivity index (χ3n) is 9.92. The van der Waals surface area contributed by atoms with Crippen LogP contribution in [0.1, 0.15) is 105 Å². The van der Waals surface area contributed by atoms with Crippen LogP contribution in [0.25, 0.3) is 0 Å². The highest BCUT2D eigenvalue weighted by molar-refractivity contribution is 5.59. The highest BCUT2D eigenvalue weighted by Gasteiger charge is 2.50. The zero-order valence-electron chi connectivity index (χ0n) is 25.8. The van der Waals surface area contributed by atoms with E-state index in [1.807, 2.05) is 0 Å². The highest BCUT2D eigenvalue weighted by Crippen LogP contribution is 2.60. The third kappa shape index (κ3) is 8.60. The molecule has 3 saturated carbocycles. The van der Waals surface area contributed by atoms with Crippen molar-refractivity contribution in [2.75, 3.05) is 13.2 Å². The molecule has 3 fully saturated rings. The van der Waals surface area contributed by atoms with Crippen molar-refractivity contribution in [3.63, 3.8) is 0 Å². The van der Waals surface area contributed by atoms with E-state index in [9.17, 15) is 14.7 Å². The van der Waals surface area contributed by atoms with E-state index < -0.39 is 30.6 Å². The van der Waals surface area contributed by atoms with E-state index in [1.54, 1.807) is 6.92 Å². The van der Waals surface area contributed by atoms with Crippen LogP contribution in [0.2, 0.25) is 0 Å². The van der Waals surface area contributed by atoms with Crippen LogP contribution in [-0.2, 0) is 19.2 Å². The molecule has 2 unspecified atom stereocenters. The Morgan fingerprint density at radius 2 is 1.85 bits per heavy atom. The van der Waals surface area contributed by atoms with Crippen molar-refractivity contribution in [1.82, 2.24) is 0 Å². The van der Waals surface area contributed by atoms with E-state index in [-0.39, 0.29) is 19.4 Å². The maximum Gasteiger partial charge on any atom is 0.537 e. The molecular formula is C33H52O8. The summed E-state index contributed by atoms with van der Waals surface area (Å²) in [7, 11) is 0. The second kappa shape index (κ2) is 14.7. The molecule has 8 heteroatoms. The summed E-state index contributed by atoms with van der Waals surface area (Å²) in [5.41, 5.74) is 2.10. The first-order valence-electron chi connectivity index (χ1n) is 15.6. The number of hydrogen-bond donors (Lipinski definition) is 2. The van der Waals surface area contributed by atoms with E-state index in [0.717, 1.165) is 35.3 Å². The van der Waals surface area contributed by atoms with Crippen molar-refractivity contribution in [2.45, 2.75) is 117 Å². The van der Waals surface area contributed by atoms with Crippen molar-refractivity contribution in [3.8, 4) is 0 Å². The molecule has 0 heterocycles. The van der Waals surface area contributed by atoms with Gasteiger partial charge >= 0.3 is 12.3 Å². The fourth-order valence-electron chi connectivity index (χ4n) is 7.67. The normalized spacial score (nSPS) is 31.6. The molecule has 232 valence electrons. The van der Waals surface area contributed by atoms with Crippen molar-refractivity contribution in [3.05, 3.63) is 35.5 Å².